The predicted octanol–water partition coefficient (Wildman–Crippen LogP) is 1.47. The fraction of sp³-hybridized carbons (Fsp3) is 0.556. The maximum atomic E-state index is 12.0. The molecule has 1 aromatic rings. The molecule has 6 heteroatoms. The van der Waals surface area contributed by atoms with Crippen LogP contribution >= 0.6 is 0 Å². The SMILES string of the molecule is Cc1cccc(NC(=O)CC(=O)NCCC2CN(C)CCO2)c1C. The van der Waals surface area contributed by atoms with E-state index in [1.165, 1.54) is 0 Å². The second kappa shape index (κ2) is 8.80. The molecule has 132 valence electrons. The zero-order valence-electron chi connectivity index (χ0n) is 14.7. The number of amides is 2. The number of anilines is 1. The maximum Gasteiger partial charge on any atom is 0.233 e. The summed E-state index contributed by atoms with van der Waals surface area (Å²) in [4.78, 5) is 26.1. The summed E-state index contributed by atoms with van der Waals surface area (Å²) in [5, 5.41) is 5.59. The van der Waals surface area contributed by atoms with E-state index in [1.807, 2.05) is 32.0 Å². The van der Waals surface area contributed by atoms with E-state index in [0.29, 0.717) is 6.54 Å². The van der Waals surface area contributed by atoms with Crippen LogP contribution in [0.25, 0.3) is 0 Å². The minimum Gasteiger partial charge on any atom is -0.375 e. The number of carbonyl (C=O) groups excluding carboxylic acids is 2. The number of nitrogens with zero attached hydrogens (tertiary/aromatic N) is 1. The monoisotopic (exact) mass is 333 g/mol. The second-order valence-electron chi connectivity index (χ2n) is 6.37. The molecule has 0 radical (unpaired) electrons. The van der Waals surface area contributed by atoms with Crippen LogP contribution in [0.4, 0.5) is 5.69 Å². The van der Waals surface area contributed by atoms with Gasteiger partial charge in [-0.3, -0.25) is 9.59 Å². The lowest BCUT2D eigenvalue weighted by Crippen LogP contribution is -2.41. The molecule has 2 N–H and O–H groups in total. The molecule has 0 bridgehead atoms. The fourth-order valence-corrected chi connectivity index (χ4v) is 2.70. The lowest BCUT2D eigenvalue weighted by Gasteiger charge is -2.30. The van der Waals surface area contributed by atoms with Crippen molar-refractivity contribution in [2.75, 3.05) is 38.6 Å². The van der Waals surface area contributed by atoms with Crippen molar-refractivity contribution in [3.05, 3.63) is 29.3 Å². The number of aryl methyl sites for hydroxylation is 1. The van der Waals surface area contributed by atoms with Crippen molar-refractivity contribution in [2.24, 2.45) is 0 Å². The van der Waals surface area contributed by atoms with Crippen LogP contribution in [0, 0.1) is 13.8 Å². The molecule has 24 heavy (non-hydrogen) atoms. The molecular weight excluding hydrogens is 306 g/mol. The van der Waals surface area contributed by atoms with Gasteiger partial charge in [0.25, 0.3) is 0 Å². The van der Waals surface area contributed by atoms with Crippen LogP contribution in [-0.2, 0) is 14.3 Å². The molecule has 1 fully saturated rings. The number of hydrogen-bond acceptors (Lipinski definition) is 4. The van der Waals surface area contributed by atoms with Gasteiger partial charge in [0, 0.05) is 25.3 Å². The molecule has 0 saturated carbocycles. The van der Waals surface area contributed by atoms with Gasteiger partial charge >= 0.3 is 0 Å². The molecule has 1 aliphatic heterocycles. The Morgan fingerprint density at radius 3 is 2.83 bits per heavy atom. The van der Waals surface area contributed by atoms with Crippen LogP contribution in [0.5, 0.6) is 0 Å². The third-order valence-corrected chi connectivity index (χ3v) is 4.33. The fourth-order valence-electron chi connectivity index (χ4n) is 2.70. The zero-order valence-corrected chi connectivity index (χ0v) is 14.7. The molecule has 1 atom stereocenters. The first kappa shape index (κ1) is 18.4. The summed E-state index contributed by atoms with van der Waals surface area (Å²) in [6.07, 6.45) is 0.737. The van der Waals surface area contributed by atoms with Crippen molar-refractivity contribution in [3.8, 4) is 0 Å². The molecule has 1 heterocycles. The lowest BCUT2D eigenvalue weighted by molar-refractivity contribution is -0.126. The van der Waals surface area contributed by atoms with Crippen molar-refractivity contribution in [3.63, 3.8) is 0 Å². The number of ether oxygens (including phenoxy) is 1. The summed E-state index contributed by atoms with van der Waals surface area (Å²) in [6.45, 7) is 7.01. The predicted molar refractivity (Wildman–Crippen MR) is 94.0 cm³/mol. The average Bonchev–Trinajstić information content (AvgIpc) is 2.52. The first-order valence-electron chi connectivity index (χ1n) is 8.38. The Balaban J connectivity index is 1.70. The first-order chi connectivity index (χ1) is 11.5. The zero-order chi connectivity index (χ0) is 17.5. The van der Waals surface area contributed by atoms with Gasteiger partial charge in [-0.1, -0.05) is 12.1 Å². The molecule has 6 nitrogen and oxygen atoms in total. The molecule has 1 aliphatic rings. The smallest absolute Gasteiger partial charge is 0.233 e. The normalized spacial score (nSPS) is 18.2. The number of carbonyl (C=O) groups is 2. The highest BCUT2D eigenvalue weighted by Gasteiger charge is 2.18. The summed E-state index contributed by atoms with van der Waals surface area (Å²) in [7, 11) is 2.06. The van der Waals surface area contributed by atoms with E-state index >= 15 is 0 Å². The third kappa shape index (κ3) is 5.62. The van der Waals surface area contributed by atoms with Gasteiger partial charge in [-0.2, -0.15) is 0 Å². The highest BCUT2D eigenvalue weighted by Crippen LogP contribution is 2.18. The molecule has 2 rings (SSSR count). The Kier molecular flexibility index (Phi) is 6.75. The van der Waals surface area contributed by atoms with Crippen LogP contribution in [0.15, 0.2) is 18.2 Å². The van der Waals surface area contributed by atoms with Gasteiger partial charge < -0.3 is 20.3 Å². The molecule has 1 unspecified atom stereocenters. The van der Waals surface area contributed by atoms with Crippen LogP contribution in [0.1, 0.15) is 24.0 Å². The standard InChI is InChI=1S/C18H27N3O3/c1-13-5-4-6-16(14(13)2)20-18(23)11-17(22)19-8-7-15-12-21(3)9-10-24-15/h4-6,15H,7-12H2,1-3H3,(H,19,22)(H,20,23). The van der Waals surface area contributed by atoms with Gasteiger partial charge in [0.1, 0.15) is 6.42 Å². The van der Waals surface area contributed by atoms with E-state index in [2.05, 4.69) is 22.6 Å². The van der Waals surface area contributed by atoms with Gasteiger partial charge in [0.2, 0.25) is 11.8 Å². The first-order valence-corrected chi connectivity index (χ1v) is 8.38. The van der Waals surface area contributed by atoms with Gasteiger partial charge in [0.05, 0.1) is 12.7 Å². The van der Waals surface area contributed by atoms with Crippen molar-refractivity contribution in [1.29, 1.82) is 0 Å². The Bertz CT molecular complexity index is 589. The van der Waals surface area contributed by atoms with Crippen LogP contribution in [0.3, 0.4) is 0 Å². The number of hydrogen-bond donors (Lipinski definition) is 2. The van der Waals surface area contributed by atoms with E-state index < -0.39 is 0 Å². The number of likely N-dealkylation sites (N-methyl/N-ethyl adjacent to an activating group) is 1. The molecular formula is C18H27N3O3. The molecule has 1 saturated heterocycles. The molecule has 0 aliphatic carbocycles. The quantitative estimate of drug-likeness (QED) is 0.774. The van der Waals surface area contributed by atoms with E-state index in [4.69, 9.17) is 4.74 Å². The molecule has 1 aromatic carbocycles. The van der Waals surface area contributed by atoms with Gasteiger partial charge in [-0.05, 0) is 44.5 Å². The Labute approximate surface area is 143 Å². The largest absolute Gasteiger partial charge is 0.375 e. The summed E-state index contributed by atoms with van der Waals surface area (Å²) < 4.78 is 5.64. The summed E-state index contributed by atoms with van der Waals surface area (Å²) in [5.74, 6) is -0.559. The van der Waals surface area contributed by atoms with E-state index in [1.54, 1.807) is 0 Å². The summed E-state index contributed by atoms with van der Waals surface area (Å²) in [5.41, 5.74) is 2.88. The maximum absolute atomic E-state index is 12.0. The Hall–Kier alpha value is -1.92. The Morgan fingerprint density at radius 2 is 2.08 bits per heavy atom. The molecule has 0 spiro atoms. The highest BCUT2D eigenvalue weighted by molar-refractivity contribution is 6.03. The summed E-state index contributed by atoms with van der Waals surface area (Å²) >= 11 is 0. The third-order valence-electron chi connectivity index (χ3n) is 4.33. The van der Waals surface area contributed by atoms with E-state index in [-0.39, 0.29) is 24.3 Å². The van der Waals surface area contributed by atoms with Crippen molar-refractivity contribution in [2.45, 2.75) is 32.8 Å². The van der Waals surface area contributed by atoms with Gasteiger partial charge in [-0.15, -0.1) is 0 Å². The van der Waals surface area contributed by atoms with Gasteiger partial charge in [0.15, 0.2) is 0 Å². The number of benzene rings is 1. The van der Waals surface area contributed by atoms with Crippen molar-refractivity contribution in [1.82, 2.24) is 10.2 Å². The van der Waals surface area contributed by atoms with Gasteiger partial charge in [-0.25, -0.2) is 0 Å². The van der Waals surface area contributed by atoms with E-state index in [0.717, 1.165) is 42.9 Å². The number of morpholine rings is 1. The van der Waals surface area contributed by atoms with Crippen LogP contribution in [-0.4, -0.2) is 56.1 Å². The van der Waals surface area contributed by atoms with Crippen molar-refractivity contribution >= 4 is 17.5 Å². The van der Waals surface area contributed by atoms with Crippen LogP contribution < -0.4 is 10.6 Å². The second-order valence-corrected chi connectivity index (χ2v) is 6.37. The van der Waals surface area contributed by atoms with E-state index in [9.17, 15) is 9.59 Å². The molecule has 0 aromatic heterocycles. The topological polar surface area (TPSA) is 70.7 Å². The summed E-state index contributed by atoms with van der Waals surface area (Å²) in [6, 6.07) is 5.72. The lowest BCUT2D eigenvalue weighted by atomic mass is 10.1. The Morgan fingerprint density at radius 1 is 1.29 bits per heavy atom. The average molecular weight is 333 g/mol. The van der Waals surface area contributed by atoms with Crippen LogP contribution in [0.2, 0.25) is 0 Å². The number of rotatable bonds is 6. The minimum atomic E-state index is -0.296. The highest BCUT2D eigenvalue weighted by atomic mass is 16.5. The number of nitrogens with one attached hydrogen (secondary N) is 2. The van der Waals surface area contributed by atoms with Crippen molar-refractivity contribution < 1.29 is 14.3 Å². The minimum absolute atomic E-state index is 0.146. The molecule has 2 amide bonds.